The molecule has 3 heteroatoms. The van der Waals surface area contributed by atoms with E-state index in [4.69, 9.17) is 0 Å². The van der Waals surface area contributed by atoms with Crippen LogP contribution in [-0.2, 0) is 4.79 Å². The molecule has 0 radical (unpaired) electrons. The summed E-state index contributed by atoms with van der Waals surface area (Å²) in [5.74, 6) is -0.359. The maximum absolute atomic E-state index is 13.0. The Hall–Kier alpha value is -1.22. The fraction of sp³-hybridized carbons (Fsp3) is 0.300. The van der Waals surface area contributed by atoms with Gasteiger partial charge in [-0.3, -0.25) is 0 Å². The zero-order chi connectivity index (χ0) is 9.84. The van der Waals surface area contributed by atoms with Gasteiger partial charge in [0.1, 0.15) is 12.1 Å². The van der Waals surface area contributed by atoms with E-state index in [0.717, 1.165) is 0 Å². The molecule has 1 atom stereocenters. The van der Waals surface area contributed by atoms with Crippen LogP contribution in [0.5, 0.6) is 0 Å². The average Bonchev–Trinajstić information content (AvgIpc) is 2.10. The monoisotopic (exact) mass is 182 g/mol. The molecule has 0 aliphatic rings. The van der Waals surface area contributed by atoms with E-state index in [-0.39, 0.29) is 12.2 Å². The van der Waals surface area contributed by atoms with E-state index in [0.29, 0.717) is 17.4 Å². The first-order valence-corrected chi connectivity index (χ1v) is 4.03. The molecule has 1 aromatic rings. The predicted octanol–water partition coefficient (Wildman–Crippen LogP) is 1.76. The van der Waals surface area contributed by atoms with Crippen molar-refractivity contribution >= 4 is 6.29 Å². The Bertz CT molecular complexity index is 310. The molecule has 0 aliphatic carbocycles. The standard InChI is InChI=1S/C10H11FO2/c1-7-2-3-8(6-9(7)11)10(13)4-5-12/h2-3,5-6,10,13H,4H2,1H3. The fourth-order valence-electron chi connectivity index (χ4n) is 1.04. The summed E-state index contributed by atoms with van der Waals surface area (Å²) in [5, 5.41) is 9.34. The van der Waals surface area contributed by atoms with Gasteiger partial charge in [-0.2, -0.15) is 0 Å². The number of benzene rings is 1. The van der Waals surface area contributed by atoms with Crippen molar-refractivity contribution in [3.63, 3.8) is 0 Å². The van der Waals surface area contributed by atoms with Crippen LogP contribution in [0, 0.1) is 12.7 Å². The first kappa shape index (κ1) is 9.86. The molecule has 0 aromatic heterocycles. The van der Waals surface area contributed by atoms with Crippen LogP contribution in [0.3, 0.4) is 0 Å². The molecule has 1 aromatic carbocycles. The minimum atomic E-state index is -0.896. The molecule has 0 fully saturated rings. The number of hydrogen-bond donors (Lipinski definition) is 1. The molecule has 0 aliphatic heterocycles. The van der Waals surface area contributed by atoms with Crippen molar-refractivity contribution in [2.45, 2.75) is 19.4 Å². The number of halogens is 1. The number of aliphatic hydroxyl groups excluding tert-OH is 1. The summed E-state index contributed by atoms with van der Waals surface area (Å²) in [4.78, 5) is 10.1. The highest BCUT2D eigenvalue weighted by Gasteiger charge is 2.08. The van der Waals surface area contributed by atoms with Gasteiger partial charge in [0.2, 0.25) is 0 Å². The minimum Gasteiger partial charge on any atom is -0.388 e. The van der Waals surface area contributed by atoms with Crippen molar-refractivity contribution in [1.29, 1.82) is 0 Å². The van der Waals surface area contributed by atoms with Crippen molar-refractivity contribution < 1.29 is 14.3 Å². The fourth-order valence-corrected chi connectivity index (χ4v) is 1.04. The SMILES string of the molecule is Cc1ccc(C(O)CC=O)cc1F. The van der Waals surface area contributed by atoms with Gasteiger partial charge in [0, 0.05) is 6.42 Å². The van der Waals surface area contributed by atoms with Gasteiger partial charge in [-0.25, -0.2) is 4.39 Å². The Kier molecular flexibility index (Phi) is 3.14. The summed E-state index contributed by atoms with van der Waals surface area (Å²) >= 11 is 0. The molecule has 1 rings (SSSR count). The van der Waals surface area contributed by atoms with E-state index in [1.165, 1.54) is 6.07 Å². The first-order chi connectivity index (χ1) is 6.15. The molecule has 70 valence electrons. The summed E-state index contributed by atoms with van der Waals surface area (Å²) in [6.07, 6.45) is -0.280. The first-order valence-electron chi connectivity index (χ1n) is 4.03. The van der Waals surface area contributed by atoms with Gasteiger partial charge in [0.25, 0.3) is 0 Å². The molecule has 1 N–H and O–H groups in total. The Balaban J connectivity index is 2.89. The maximum Gasteiger partial charge on any atom is 0.126 e. The molecule has 2 nitrogen and oxygen atoms in total. The molecule has 0 amide bonds. The lowest BCUT2D eigenvalue weighted by molar-refractivity contribution is -0.109. The second-order valence-corrected chi connectivity index (χ2v) is 2.93. The molecule has 0 saturated heterocycles. The van der Waals surface area contributed by atoms with E-state index < -0.39 is 6.10 Å². The van der Waals surface area contributed by atoms with Crippen LogP contribution in [0.25, 0.3) is 0 Å². The Morgan fingerprint density at radius 3 is 2.85 bits per heavy atom. The largest absolute Gasteiger partial charge is 0.388 e. The van der Waals surface area contributed by atoms with Gasteiger partial charge in [-0.05, 0) is 24.1 Å². The Morgan fingerprint density at radius 1 is 1.62 bits per heavy atom. The molecule has 0 spiro atoms. The summed E-state index contributed by atoms with van der Waals surface area (Å²) in [6, 6.07) is 4.45. The van der Waals surface area contributed by atoms with Crippen LogP contribution >= 0.6 is 0 Å². The zero-order valence-corrected chi connectivity index (χ0v) is 7.33. The third-order valence-corrected chi connectivity index (χ3v) is 1.90. The molecule has 13 heavy (non-hydrogen) atoms. The van der Waals surface area contributed by atoms with E-state index >= 15 is 0 Å². The number of carbonyl (C=O) groups is 1. The van der Waals surface area contributed by atoms with Gasteiger partial charge in [-0.1, -0.05) is 12.1 Å². The number of hydrogen-bond acceptors (Lipinski definition) is 2. The van der Waals surface area contributed by atoms with Crippen molar-refractivity contribution in [1.82, 2.24) is 0 Å². The van der Waals surface area contributed by atoms with Gasteiger partial charge in [-0.15, -0.1) is 0 Å². The topological polar surface area (TPSA) is 37.3 Å². The van der Waals surface area contributed by atoms with Crippen molar-refractivity contribution in [2.24, 2.45) is 0 Å². The number of rotatable bonds is 3. The molecule has 0 saturated carbocycles. The van der Waals surface area contributed by atoms with E-state index in [1.54, 1.807) is 19.1 Å². The van der Waals surface area contributed by atoms with E-state index in [1.807, 2.05) is 0 Å². The van der Waals surface area contributed by atoms with E-state index in [2.05, 4.69) is 0 Å². The van der Waals surface area contributed by atoms with Crippen LogP contribution in [0.15, 0.2) is 18.2 Å². The third kappa shape index (κ3) is 2.36. The molecular weight excluding hydrogens is 171 g/mol. The lowest BCUT2D eigenvalue weighted by Gasteiger charge is -2.07. The number of aldehydes is 1. The highest BCUT2D eigenvalue weighted by molar-refractivity contribution is 5.51. The minimum absolute atomic E-state index is 0.00248. The highest BCUT2D eigenvalue weighted by Crippen LogP contribution is 2.18. The number of carbonyl (C=O) groups excluding carboxylic acids is 1. The zero-order valence-electron chi connectivity index (χ0n) is 7.33. The van der Waals surface area contributed by atoms with Crippen molar-refractivity contribution in [3.8, 4) is 0 Å². The maximum atomic E-state index is 13.0. The summed E-state index contributed by atoms with van der Waals surface area (Å²) < 4.78 is 13.0. The third-order valence-electron chi connectivity index (χ3n) is 1.90. The smallest absolute Gasteiger partial charge is 0.126 e. The quantitative estimate of drug-likeness (QED) is 0.723. The lowest BCUT2D eigenvalue weighted by atomic mass is 10.1. The van der Waals surface area contributed by atoms with Crippen LogP contribution in [0.1, 0.15) is 23.7 Å². The van der Waals surface area contributed by atoms with Crippen LogP contribution in [0.4, 0.5) is 4.39 Å². The van der Waals surface area contributed by atoms with Crippen LogP contribution in [0.2, 0.25) is 0 Å². The van der Waals surface area contributed by atoms with Crippen molar-refractivity contribution in [3.05, 3.63) is 35.1 Å². The second-order valence-electron chi connectivity index (χ2n) is 2.93. The second kappa shape index (κ2) is 4.14. The summed E-state index contributed by atoms with van der Waals surface area (Å²) in [5.41, 5.74) is 0.970. The lowest BCUT2D eigenvalue weighted by Crippen LogP contribution is -1.99. The number of aryl methyl sites for hydroxylation is 1. The Labute approximate surface area is 76.0 Å². The highest BCUT2D eigenvalue weighted by atomic mass is 19.1. The predicted molar refractivity (Wildman–Crippen MR) is 46.8 cm³/mol. The summed E-state index contributed by atoms with van der Waals surface area (Å²) in [7, 11) is 0. The summed E-state index contributed by atoms with van der Waals surface area (Å²) in [6.45, 7) is 1.64. The molecule has 0 bridgehead atoms. The normalized spacial score (nSPS) is 12.5. The van der Waals surface area contributed by atoms with Gasteiger partial charge >= 0.3 is 0 Å². The van der Waals surface area contributed by atoms with Crippen LogP contribution in [-0.4, -0.2) is 11.4 Å². The average molecular weight is 182 g/mol. The molecule has 0 heterocycles. The van der Waals surface area contributed by atoms with Gasteiger partial charge in [0.15, 0.2) is 0 Å². The van der Waals surface area contributed by atoms with Gasteiger partial charge < -0.3 is 9.90 Å². The van der Waals surface area contributed by atoms with Gasteiger partial charge in [0.05, 0.1) is 6.10 Å². The van der Waals surface area contributed by atoms with Crippen LogP contribution < -0.4 is 0 Å². The van der Waals surface area contributed by atoms with Crippen molar-refractivity contribution in [2.75, 3.05) is 0 Å². The molecule has 1 unspecified atom stereocenters. The Morgan fingerprint density at radius 2 is 2.31 bits per heavy atom. The van der Waals surface area contributed by atoms with E-state index in [9.17, 15) is 14.3 Å². The molecular formula is C10H11FO2. The number of aliphatic hydroxyl groups is 1.